The van der Waals surface area contributed by atoms with Gasteiger partial charge >= 0.3 is 0 Å². The van der Waals surface area contributed by atoms with E-state index in [9.17, 15) is 4.79 Å². The van der Waals surface area contributed by atoms with E-state index in [2.05, 4.69) is 5.32 Å². The zero-order valence-electron chi connectivity index (χ0n) is 15.3. The van der Waals surface area contributed by atoms with Gasteiger partial charge in [0, 0.05) is 6.54 Å². The molecule has 0 heterocycles. The van der Waals surface area contributed by atoms with Gasteiger partial charge in [-0.2, -0.15) is 0 Å². The van der Waals surface area contributed by atoms with Gasteiger partial charge in [-0.3, -0.25) is 9.69 Å². The molecule has 0 aromatic heterocycles. The van der Waals surface area contributed by atoms with Crippen LogP contribution in [0.1, 0.15) is 24.1 Å². The summed E-state index contributed by atoms with van der Waals surface area (Å²) in [7, 11) is 5.15. The molecule has 134 valence electrons. The molecule has 5 heteroatoms. The van der Waals surface area contributed by atoms with Crippen LogP contribution in [-0.4, -0.2) is 38.6 Å². The lowest BCUT2D eigenvalue weighted by Gasteiger charge is -2.20. The number of methoxy groups -OCH3 is 2. The van der Waals surface area contributed by atoms with Gasteiger partial charge < -0.3 is 14.8 Å². The largest absolute Gasteiger partial charge is 0.493 e. The van der Waals surface area contributed by atoms with Crippen molar-refractivity contribution in [2.24, 2.45) is 0 Å². The van der Waals surface area contributed by atoms with Gasteiger partial charge in [0.05, 0.1) is 26.8 Å². The Kier molecular flexibility index (Phi) is 6.83. The molecule has 0 spiro atoms. The van der Waals surface area contributed by atoms with E-state index < -0.39 is 0 Å². The van der Waals surface area contributed by atoms with E-state index in [0.717, 1.165) is 11.1 Å². The molecule has 2 aromatic rings. The highest BCUT2D eigenvalue weighted by atomic mass is 16.5. The van der Waals surface area contributed by atoms with Crippen LogP contribution in [0, 0.1) is 0 Å². The first kappa shape index (κ1) is 18.8. The summed E-state index contributed by atoms with van der Waals surface area (Å²) in [4.78, 5) is 14.2. The van der Waals surface area contributed by atoms with Crippen LogP contribution in [0.3, 0.4) is 0 Å². The predicted octanol–water partition coefficient (Wildman–Crippen LogP) is 3.01. The molecule has 1 amide bonds. The first-order valence-electron chi connectivity index (χ1n) is 8.27. The minimum atomic E-state index is -0.0109. The Labute approximate surface area is 149 Å². The molecule has 0 saturated carbocycles. The summed E-state index contributed by atoms with van der Waals surface area (Å²) in [6.45, 7) is 2.96. The number of ether oxygens (including phenoxy) is 2. The molecule has 2 aromatic carbocycles. The monoisotopic (exact) mass is 342 g/mol. The minimum Gasteiger partial charge on any atom is -0.493 e. The van der Waals surface area contributed by atoms with Crippen molar-refractivity contribution in [3.8, 4) is 11.5 Å². The topological polar surface area (TPSA) is 50.8 Å². The molecular formula is C20H26N2O3. The lowest BCUT2D eigenvalue weighted by Crippen LogP contribution is -2.36. The minimum absolute atomic E-state index is 0.000621. The number of hydrogen-bond acceptors (Lipinski definition) is 4. The third kappa shape index (κ3) is 5.50. The van der Waals surface area contributed by atoms with Crippen LogP contribution in [0.4, 0.5) is 0 Å². The number of benzene rings is 2. The molecule has 1 atom stereocenters. The fraction of sp³-hybridized carbons (Fsp3) is 0.350. The van der Waals surface area contributed by atoms with E-state index in [1.54, 1.807) is 14.2 Å². The smallest absolute Gasteiger partial charge is 0.234 e. The van der Waals surface area contributed by atoms with Gasteiger partial charge in [-0.25, -0.2) is 0 Å². The number of amides is 1. The third-order valence-corrected chi connectivity index (χ3v) is 3.99. The number of nitrogens with one attached hydrogen (secondary N) is 1. The average Bonchev–Trinajstić information content (AvgIpc) is 2.62. The number of rotatable bonds is 8. The van der Waals surface area contributed by atoms with Crippen LogP contribution in [-0.2, 0) is 11.3 Å². The highest BCUT2D eigenvalue weighted by Gasteiger charge is 2.12. The van der Waals surface area contributed by atoms with E-state index >= 15 is 0 Å². The molecule has 0 bridgehead atoms. The SMILES string of the molecule is COc1ccc(CN(C)CC(=O)N[C@@H](C)c2ccccc2)cc1OC. The lowest BCUT2D eigenvalue weighted by molar-refractivity contribution is -0.122. The Bertz CT molecular complexity index is 689. The van der Waals surface area contributed by atoms with Crippen LogP contribution >= 0.6 is 0 Å². The second kappa shape index (κ2) is 9.08. The van der Waals surface area contributed by atoms with Crippen molar-refractivity contribution in [2.45, 2.75) is 19.5 Å². The van der Waals surface area contributed by atoms with Gasteiger partial charge in [-0.1, -0.05) is 36.4 Å². The Morgan fingerprint density at radius 3 is 2.40 bits per heavy atom. The fourth-order valence-corrected chi connectivity index (χ4v) is 2.70. The van der Waals surface area contributed by atoms with Crippen LogP contribution in [0.25, 0.3) is 0 Å². The second-order valence-electron chi connectivity index (χ2n) is 6.06. The van der Waals surface area contributed by atoms with E-state index in [1.807, 2.05) is 67.4 Å². The first-order chi connectivity index (χ1) is 12.0. The lowest BCUT2D eigenvalue weighted by atomic mass is 10.1. The maximum atomic E-state index is 12.3. The Hall–Kier alpha value is -2.53. The highest BCUT2D eigenvalue weighted by molar-refractivity contribution is 5.78. The summed E-state index contributed by atoms with van der Waals surface area (Å²) < 4.78 is 10.6. The molecular weight excluding hydrogens is 316 g/mol. The summed E-state index contributed by atoms with van der Waals surface area (Å²) in [6.07, 6.45) is 0. The van der Waals surface area contributed by atoms with Crippen molar-refractivity contribution < 1.29 is 14.3 Å². The number of nitrogens with zero attached hydrogens (tertiary/aromatic N) is 1. The Morgan fingerprint density at radius 1 is 1.08 bits per heavy atom. The van der Waals surface area contributed by atoms with Crippen LogP contribution in [0.2, 0.25) is 0 Å². The molecule has 25 heavy (non-hydrogen) atoms. The van der Waals surface area contributed by atoms with Gasteiger partial charge in [0.1, 0.15) is 0 Å². The van der Waals surface area contributed by atoms with Gasteiger partial charge in [-0.05, 0) is 37.2 Å². The summed E-state index contributed by atoms with van der Waals surface area (Å²) in [5, 5.41) is 3.03. The van der Waals surface area contributed by atoms with E-state index in [-0.39, 0.29) is 11.9 Å². The molecule has 2 rings (SSSR count). The summed E-state index contributed by atoms with van der Waals surface area (Å²) in [5.74, 6) is 1.39. The van der Waals surface area contributed by atoms with E-state index in [1.165, 1.54) is 0 Å². The molecule has 0 aliphatic rings. The normalized spacial score (nSPS) is 11.9. The molecule has 0 fully saturated rings. The van der Waals surface area contributed by atoms with E-state index in [0.29, 0.717) is 24.6 Å². The molecule has 0 saturated heterocycles. The van der Waals surface area contributed by atoms with Crippen LogP contribution in [0.15, 0.2) is 48.5 Å². The summed E-state index contributed by atoms with van der Waals surface area (Å²) in [6, 6.07) is 15.7. The third-order valence-electron chi connectivity index (χ3n) is 3.99. The number of hydrogen-bond donors (Lipinski definition) is 1. The van der Waals surface area contributed by atoms with Gasteiger partial charge in [-0.15, -0.1) is 0 Å². The number of carbonyl (C=O) groups is 1. The standard InChI is InChI=1S/C20H26N2O3/c1-15(17-8-6-5-7-9-17)21-20(23)14-22(2)13-16-10-11-18(24-3)19(12-16)25-4/h5-12,15H,13-14H2,1-4H3,(H,21,23)/t15-/m0/s1. The molecule has 5 nitrogen and oxygen atoms in total. The zero-order valence-corrected chi connectivity index (χ0v) is 15.3. The second-order valence-corrected chi connectivity index (χ2v) is 6.06. The van der Waals surface area contributed by atoms with Crippen molar-refractivity contribution in [3.05, 3.63) is 59.7 Å². The van der Waals surface area contributed by atoms with Crippen molar-refractivity contribution in [1.29, 1.82) is 0 Å². The van der Waals surface area contributed by atoms with Crippen LogP contribution in [0.5, 0.6) is 11.5 Å². The van der Waals surface area contributed by atoms with Gasteiger partial charge in [0.15, 0.2) is 11.5 Å². The number of likely N-dealkylation sites (N-methyl/N-ethyl adjacent to an activating group) is 1. The zero-order chi connectivity index (χ0) is 18.2. The van der Waals surface area contributed by atoms with Crippen molar-refractivity contribution in [1.82, 2.24) is 10.2 Å². The molecule has 0 unspecified atom stereocenters. The Balaban J connectivity index is 1.89. The quantitative estimate of drug-likeness (QED) is 0.801. The highest BCUT2D eigenvalue weighted by Crippen LogP contribution is 2.27. The van der Waals surface area contributed by atoms with Gasteiger partial charge in [0.2, 0.25) is 5.91 Å². The molecule has 0 radical (unpaired) electrons. The summed E-state index contributed by atoms with van der Waals surface area (Å²) >= 11 is 0. The Morgan fingerprint density at radius 2 is 1.76 bits per heavy atom. The molecule has 1 N–H and O–H groups in total. The van der Waals surface area contributed by atoms with Crippen molar-refractivity contribution >= 4 is 5.91 Å². The average molecular weight is 342 g/mol. The van der Waals surface area contributed by atoms with Crippen molar-refractivity contribution in [2.75, 3.05) is 27.8 Å². The fourth-order valence-electron chi connectivity index (χ4n) is 2.70. The summed E-state index contributed by atoms with van der Waals surface area (Å²) in [5.41, 5.74) is 2.16. The predicted molar refractivity (Wildman–Crippen MR) is 98.9 cm³/mol. The number of carbonyl (C=O) groups excluding carboxylic acids is 1. The van der Waals surface area contributed by atoms with Gasteiger partial charge in [0.25, 0.3) is 0 Å². The molecule has 0 aliphatic heterocycles. The maximum Gasteiger partial charge on any atom is 0.234 e. The maximum absolute atomic E-state index is 12.3. The van der Waals surface area contributed by atoms with E-state index in [4.69, 9.17) is 9.47 Å². The first-order valence-corrected chi connectivity index (χ1v) is 8.27. The molecule has 0 aliphatic carbocycles. The van der Waals surface area contributed by atoms with Crippen molar-refractivity contribution in [3.63, 3.8) is 0 Å². The van der Waals surface area contributed by atoms with Crippen LogP contribution < -0.4 is 14.8 Å².